The molecule has 3 rings (SSSR count). The molecular weight excluding hydrogens is 286 g/mol. The maximum atomic E-state index is 12.0. The van der Waals surface area contributed by atoms with Crippen LogP contribution in [0.15, 0.2) is 34.2 Å². The van der Waals surface area contributed by atoms with Crippen molar-refractivity contribution in [2.75, 3.05) is 5.32 Å². The number of hydrogen-bond acceptors (Lipinski definition) is 4. The van der Waals surface area contributed by atoms with Crippen molar-refractivity contribution in [2.24, 2.45) is 0 Å². The molecule has 1 aromatic heterocycles. The van der Waals surface area contributed by atoms with Crippen LogP contribution in [0.4, 0.5) is 5.82 Å². The van der Waals surface area contributed by atoms with E-state index in [4.69, 9.17) is 0 Å². The third kappa shape index (κ3) is 3.16. The average Bonchev–Trinajstić information content (AvgIpc) is 2.46. The molecule has 1 aliphatic heterocycles. The predicted molar refractivity (Wildman–Crippen MR) is 82.5 cm³/mol. The lowest BCUT2D eigenvalue weighted by molar-refractivity contribution is -0.116. The molecule has 21 heavy (non-hydrogen) atoms. The number of aryl methyl sites for hydroxylation is 1. The van der Waals surface area contributed by atoms with Gasteiger partial charge in [-0.25, -0.2) is 4.98 Å². The van der Waals surface area contributed by atoms with Gasteiger partial charge < -0.3 is 10.3 Å². The van der Waals surface area contributed by atoms with Crippen LogP contribution in [0.5, 0.6) is 0 Å². The topological polar surface area (TPSA) is 74.8 Å². The first-order valence-corrected chi connectivity index (χ1v) is 7.72. The van der Waals surface area contributed by atoms with Crippen molar-refractivity contribution in [2.45, 2.75) is 30.7 Å². The normalized spacial score (nSPS) is 13.7. The van der Waals surface area contributed by atoms with Crippen LogP contribution in [-0.4, -0.2) is 15.9 Å². The molecule has 0 bridgehead atoms. The fourth-order valence-electron chi connectivity index (χ4n) is 2.15. The van der Waals surface area contributed by atoms with Gasteiger partial charge in [0.05, 0.1) is 5.56 Å². The third-order valence-electron chi connectivity index (χ3n) is 3.35. The number of nitrogens with one attached hydrogen (secondary N) is 2. The van der Waals surface area contributed by atoms with Crippen molar-refractivity contribution in [3.63, 3.8) is 0 Å². The number of rotatable bonds is 3. The molecule has 0 aliphatic carbocycles. The zero-order chi connectivity index (χ0) is 14.8. The smallest absolute Gasteiger partial charge is 0.256 e. The quantitative estimate of drug-likeness (QED) is 0.673. The van der Waals surface area contributed by atoms with E-state index in [0.29, 0.717) is 29.4 Å². The molecule has 2 N–H and O–H groups in total. The van der Waals surface area contributed by atoms with Crippen LogP contribution in [0.25, 0.3) is 0 Å². The highest BCUT2D eigenvalue weighted by Gasteiger charge is 2.19. The van der Waals surface area contributed by atoms with Crippen molar-refractivity contribution in [1.29, 1.82) is 0 Å². The molecule has 108 valence electrons. The molecule has 0 saturated carbocycles. The number of fused-ring (bicyclic) bond motifs is 1. The van der Waals surface area contributed by atoms with E-state index < -0.39 is 0 Å². The summed E-state index contributed by atoms with van der Waals surface area (Å²) in [5.74, 6) is 1.03. The number of amides is 1. The van der Waals surface area contributed by atoms with E-state index in [0.717, 1.165) is 11.3 Å². The number of carbonyl (C=O) groups is 1. The van der Waals surface area contributed by atoms with E-state index >= 15 is 0 Å². The van der Waals surface area contributed by atoms with Gasteiger partial charge in [-0.15, -0.1) is 0 Å². The molecule has 0 radical (unpaired) electrons. The molecular formula is C15H15N3O2S. The van der Waals surface area contributed by atoms with Crippen LogP contribution in [0, 0.1) is 6.92 Å². The Morgan fingerprint density at radius 2 is 1.95 bits per heavy atom. The number of benzene rings is 1. The minimum absolute atomic E-state index is 0.0879. The lowest BCUT2D eigenvalue weighted by atomic mass is 10.1. The summed E-state index contributed by atoms with van der Waals surface area (Å²) in [6.45, 7) is 2.04. The number of aromatic amines is 1. The van der Waals surface area contributed by atoms with Crippen LogP contribution in [0.3, 0.4) is 0 Å². The van der Waals surface area contributed by atoms with Gasteiger partial charge in [0.15, 0.2) is 5.16 Å². The summed E-state index contributed by atoms with van der Waals surface area (Å²) >= 11 is 1.45. The first-order chi connectivity index (χ1) is 10.1. The molecule has 0 spiro atoms. The standard InChI is InChI=1S/C15H15N3O2S/c1-9-2-4-10(5-3-9)8-21-15-17-13-11(14(20)18-15)6-7-12(19)16-13/h2-5H,6-8H2,1H3,(H2,16,17,18,19,20). The minimum atomic E-state index is -0.161. The molecule has 0 saturated heterocycles. The summed E-state index contributed by atoms with van der Waals surface area (Å²) < 4.78 is 0. The number of nitrogens with zero attached hydrogens (tertiary/aromatic N) is 1. The predicted octanol–water partition coefficient (Wildman–Crippen LogP) is 2.26. The Morgan fingerprint density at radius 3 is 2.71 bits per heavy atom. The van der Waals surface area contributed by atoms with Crippen molar-refractivity contribution >= 4 is 23.5 Å². The highest BCUT2D eigenvalue weighted by molar-refractivity contribution is 7.98. The van der Waals surface area contributed by atoms with Gasteiger partial charge in [0.2, 0.25) is 5.91 Å². The van der Waals surface area contributed by atoms with E-state index in [1.54, 1.807) is 0 Å². The van der Waals surface area contributed by atoms with Gasteiger partial charge >= 0.3 is 0 Å². The van der Waals surface area contributed by atoms with Crippen LogP contribution in [0.1, 0.15) is 23.1 Å². The van der Waals surface area contributed by atoms with Gasteiger partial charge in [-0.3, -0.25) is 9.59 Å². The highest BCUT2D eigenvalue weighted by Crippen LogP contribution is 2.22. The summed E-state index contributed by atoms with van der Waals surface area (Å²) in [5.41, 5.74) is 2.78. The van der Waals surface area contributed by atoms with Gasteiger partial charge in [0.25, 0.3) is 5.56 Å². The van der Waals surface area contributed by atoms with E-state index in [1.807, 2.05) is 6.92 Å². The number of aromatic nitrogens is 2. The van der Waals surface area contributed by atoms with Crippen LogP contribution in [-0.2, 0) is 17.0 Å². The second-order valence-electron chi connectivity index (χ2n) is 5.02. The largest absolute Gasteiger partial charge is 0.310 e. The highest BCUT2D eigenvalue weighted by atomic mass is 32.2. The van der Waals surface area contributed by atoms with Gasteiger partial charge in [-0.2, -0.15) is 0 Å². The monoisotopic (exact) mass is 301 g/mol. The molecule has 0 unspecified atom stereocenters. The van der Waals surface area contributed by atoms with Gasteiger partial charge in [0.1, 0.15) is 5.82 Å². The minimum Gasteiger partial charge on any atom is -0.310 e. The zero-order valence-corrected chi connectivity index (χ0v) is 12.4. The molecule has 1 aliphatic rings. The fourth-order valence-corrected chi connectivity index (χ4v) is 2.97. The second kappa shape index (κ2) is 5.73. The Bertz CT molecular complexity index is 738. The first kappa shape index (κ1) is 13.9. The number of carbonyl (C=O) groups excluding carboxylic acids is 1. The van der Waals surface area contributed by atoms with E-state index in [-0.39, 0.29) is 11.5 Å². The van der Waals surface area contributed by atoms with Crippen molar-refractivity contribution < 1.29 is 4.79 Å². The maximum absolute atomic E-state index is 12.0. The lowest BCUT2D eigenvalue weighted by Gasteiger charge is -2.15. The second-order valence-corrected chi connectivity index (χ2v) is 5.98. The zero-order valence-electron chi connectivity index (χ0n) is 11.6. The van der Waals surface area contributed by atoms with Gasteiger partial charge in [-0.1, -0.05) is 41.6 Å². The molecule has 5 nitrogen and oxygen atoms in total. The summed E-state index contributed by atoms with van der Waals surface area (Å²) in [7, 11) is 0. The third-order valence-corrected chi connectivity index (χ3v) is 4.29. The summed E-state index contributed by atoms with van der Waals surface area (Å²) in [4.78, 5) is 30.5. The van der Waals surface area contributed by atoms with E-state index in [2.05, 4.69) is 39.6 Å². The molecule has 1 aromatic carbocycles. The van der Waals surface area contributed by atoms with Crippen LogP contribution in [0.2, 0.25) is 0 Å². The molecule has 0 fully saturated rings. The van der Waals surface area contributed by atoms with Crippen molar-refractivity contribution in [1.82, 2.24) is 9.97 Å². The lowest BCUT2D eigenvalue weighted by Crippen LogP contribution is -2.27. The van der Waals surface area contributed by atoms with Gasteiger partial charge in [-0.05, 0) is 18.9 Å². The number of anilines is 1. The number of hydrogen-bond donors (Lipinski definition) is 2. The van der Waals surface area contributed by atoms with Crippen LogP contribution < -0.4 is 10.9 Å². The molecule has 2 heterocycles. The Morgan fingerprint density at radius 1 is 1.19 bits per heavy atom. The number of H-pyrrole nitrogens is 1. The first-order valence-electron chi connectivity index (χ1n) is 6.73. The number of thioether (sulfide) groups is 1. The Labute approximate surface area is 126 Å². The summed E-state index contributed by atoms with van der Waals surface area (Å²) in [6.07, 6.45) is 0.792. The summed E-state index contributed by atoms with van der Waals surface area (Å²) in [6, 6.07) is 8.22. The van der Waals surface area contributed by atoms with E-state index in [1.165, 1.54) is 17.3 Å². The Balaban J connectivity index is 1.78. The van der Waals surface area contributed by atoms with Crippen molar-refractivity contribution in [3.8, 4) is 0 Å². The summed E-state index contributed by atoms with van der Waals surface area (Å²) in [5, 5.41) is 3.19. The molecule has 0 atom stereocenters. The Kier molecular flexibility index (Phi) is 3.79. The molecule has 2 aromatic rings. The average molecular weight is 301 g/mol. The van der Waals surface area contributed by atoms with Gasteiger partial charge in [0, 0.05) is 12.2 Å². The maximum Gasteiger partial charge on any atom is 0.256 e. The van der Waals surface area contributed by atoms with Crippen LogP contribution >= 0.6 is 11.8 Å². The molecule has 1 amide bonds. The molecule has 6 heteroatoms. The SMILES string of the molecule is Cc1ccc(CSc2nc3c(c(=O)[nH]2)CCC(=O)N3)cc1. The van der Waals surface area contributed by atoms with Crippen molar-refractivity contribution in [3.05, 3.63) is 51.3 Å². The Hall–Kier alpha value is -2.08. The fraction of sp³-hybridized carbons (Fsp3) is 0.267. The van der Waals surface area contributed by atoms with E-state index in [9.17, 15) is 9.59 Å².